The van der Waals surface area contributed by atoms with E-state index in [1.807, 2.05) is 43.1 Å². The standard InChI is InChI=1S/C23H26N4O4S3/c1-4-27(34(29,30)21-10-7-11-32-21)19-9-6-8-16-12-18(25-22(16)19)23-24-13-17(33-23)14-26(3)15-20(28)31-5-2/h6-13,25H,4-5,14-15H2,1-3H3. The maximum atomic E-state index is 13.2. The van der Waals surface area contributed by atoms with Crippen molar-refractivity contribution in [2.24, 2.45) is 0 Å². The van der Waals surface area contributed by atoms with Gasteiger partial charge in [0, 0.05) is 29.5 Å². The average molecular weight is 519 g/mol. The van der Waals surface area contributed by atoms with Gasteiger partial charge in [-0.25, -0.2) is 13.4 Å². The summed E-state index contributed by atoms with van der Waals surface area (Å²) in [4.78, 5) is 22.5. The number of thiophene rings is 1. The number of aromatic amines is 1. The van der Waals surface area contributed by atoms with Crippen molar-refractivity contribution in [3.8, 4) is 10.7 Å². The van der Waals surface area contributed by atoms with Crippen molar-refractivity contribution in [1.29, 1.82) is 0 Å². The molecule has 11 heteroatoms. The van der Waals surface area contributed by atoms with E-state index in [2.05, 4.69) is 9.97 Å². The number of hydrogen-bond donors (Lipinski definition) is 1. The molecule has 0 aliphatic carbocycles. The molecule has 4 rings (SSSR count). The van der Waals surface area contributed by atoms with Crippen LogP contribution in [0.25, 0.3) is 21.6 Å². The Kier molecular flexibility index (Phi) is 7.36. The summed E-state index contributed by atoms with van der Waals surface area (Å²) in [5, 5.41) is 3.47. The lowest BCUT2D eigenvalue weighted by Crippen LogP contribution is -2.30. The minimum absolute atomic E-state index is 0.211. The van der Waals surface area contributed by atoms with Gasteiger partial charge in [-0.05, 0) is 44.5 Å². The van der Waals surface area contributed by atoms with Crippen molar-refractivity contribution in [3.05, 3.63) is 52.9 Å². The van der Waals surface area contributed by atoms with Gasteiger partial charge in [0.05, 0.1) is 30.0 Å². The van der Waals surface area contributed by atoms with Crippen LogP contribution >= 0.6 is 22.7 Å². The first-order valence-corrected chi connectivity index (χ1v) is 13.9. The first kappa shape index (κ1) is 24.4. The van der Waals surface area contributed by atoms with Crippen LogP contribution in [0.1, 0.15) is 18.7 Å². The predicted octanol–water partition coefficient (Wildman–Crippen LogP) is 4.56. The first-order valence-electron chi connectivity index (χ1n) is 10.8. The number of fused-ring (bicyclic) bond motifs is 1. The molecular formula is C23H26N4O4S3. The van der Waals surface area contributed by atoms with Crippen molar-refractivity contribution in [3.63, 3.8) is 0 Å². The number of carbonyl (C=O) groups is 1. The quantitative estimate of drug-likeness (QED) is 0.309. The molecule has 0 amide bonds. The van der Waals surface area contributed by atoms with Crippen LogP contribution in [-0.4, -0.2) is 56.0 Å². The van der Waals surface area contributed by atoms with Crippen molar-refractivity contribution < 1.29 is 17.9 Å². The van der Waals surface area contributed by atoms with E-state index in [0.717, 1.165) is 26.5 Å². The second kappa shape index (κ2) is 10.3. The molecule has 34 heavy (non-hydrogen) atoms. The van der Waals surface area contributed by atoms with Gasteiger partial charge >= 0.3 is 5.97 Å². The monoisotopic (exact) mass is 518 g/mol. The molecule has 0 unspecified atom stereocenters. The van der Waals surface area contributed by atoms with Crippen LogP contribution in [0.3, 0.4) is 0 Å². The van der Waals surface area contributed by atoms with E-state index >= 15 is 0 Å². The van der Waals surface area contributed by atoms with Crippen LogP contribution in [0.4, 0.5) is 5.69 Å². The first-order chi connectivity index (χ1) is 16.3. The number of H-pyrrole nitrogens is 1. The zero-order valence-electron chi connectivity index (χ0n) is 19.1. The van der Waals surface area contributed by atoms with Gasteiger partial charge in [0.1, 0.15) is 9.22 Å². The number of nitrogens with zero attached hydrogens (tertiary/aromatic N) is 3. The Hall–Kier alpha value is -2.73. The van der Waals surface area contributed by atoms with Crippen LogP contribution in [0, 0.1) is 0 Å². The third-order valence-electron chi connectivity index (χ3n) is 5.14. The molecular weight excluding hydrogens is 492 g/mol. The third-order valence-corrected chi connectivity index (χ3v) is 9.42. The van der Waals surface area contributed by atoms with Gasteiger partial charge in [0.15, 0.2) is 0 Å². The Bertz CT molecular complexity index is 1380. The van der Waals surface area contributed by atoms with Gasteiger partial charge in [-0.1, -0.05) is 18.2 Å². The molecule has 3 aromatic heterocycles. The fraction of sp³-hybridized carbons (Fsp3) is 0.304. The van der Waals surface area contributed by atoms with Gasteiger partial charge in [0.2, 0.25) is 0 Å². The molecule has 0 atom stereocenters. The fourth-order valence-corrected chi connectivity index (χ4v) is 7.26. The lowest BCUT2D eigenvalue weighted by atomic mass is 10.2. The molecule has 0 spiro atoms. The highest BCUT2D eigenvalue weighted by Gasteiger charge is 2.26. The zero-order chi connectivity index (χ0) is 24.3. The smallest absolute Gasteiger partial charge is 0.320 e. The van der Waals surface area contributed by atoms with Gasteiger partial charge < -0.3 is 9.72 Å². The van der Waals surface area contributed by atoms with Crippen LogP contribution in [0.2, 0.25) is 0 Å². The number of hydrogen-bond acceptors (Lipinski definition) is 8. The maximum absolute atomic E-state index is 13.2. The normalized spacial score (nSPS) is 11.9. The minimum atomic E-state index is -3.66. The number of esters is 1. The lowest BCUT2D eigenvalue weighted by molar-refractivity contribution is -0.144. The van der Waals surface area contributed by atoms with Gasteiger partial charge in [-0.3, -0.25) is 14.0 Å². The molecule has 1 N–H and O–H groups in total. The number of anilines is 1. The second-order valence-electron chi connectivity index (χ2n) is 7.64. The minimum Gasteiger partial charge on any atom is -0.465 e. The number of likely N-dealkylation sites (N-methyl/N-ethyl adjacent to an activating group) is 1. The Balaban J connectivity index is 1.61. The summed E-state index contributed by atoms with van der Waals surface area (Å²) < 4.78 is 33.2. The Morgan fingerprint density at radius 3 is 2.74 bits per heavy atom. The maximum Gasteiger partial charge on any atom is 0.320 e. The van der Waals surface area contributed by atoms with Crippen molar-refractivity contribution in [2.75, 3.05) is 31.0 Å². The number of rotatable bonds is 10. The van der Waals surface area contributed by atoms with Gasteiger partial charge in [-0.2, -0.15) is 0 Å². The number of thiazole rings is 1. The number of carbonyl (C=O) groups excluding carboxylic acids is 1. The van der Waals surface area contributed by atoms with E-state index in [-0.39, 0.29) is 12.5 Å². The molecule has 0 bridgehead atoms. The Labute approximate surface area is 206 Å². The summed E-state index contributed by atoms with van der Waals surface area (Å²) in [6, 6.07) is 11.0. The van der Waals surface area contributed by atoms with Gasteiger partial charge in [0.25, 0.3) is 10.0 Å². The summed E-state index contributed by atoms with van der Waals surface area (Å²) >= 11 is 2.74. The molecule has 3 heterocycles. The van der Waals surface area contributed by atoms with Gasteiger partial charge in [-0.15, -0.1) is 22.7 Å². The molecule has 0 saturated heterocycles. The molecule has 4 aromatic rings. The highest BCUT2D eigenvalue weighted by molar-refractivity contribution is 7.94. The zero-order valence-corrected chi connectivity index (χ0v) is 21.6. The number of ether oxygens (including phenoxy) is 1. The molecule has 0 saturated carbocycles. The lowest BCUT2D eigenvalue weighted by Gasteiger charge is -2.22. The SMILES string of the molecule is CCOC(=O)CN(C)Cc1cnc(-c2cc3cccc(N(CC)S(=O)(=O)c4cccs4)c3[nH]2)s1. The molecule has 0 radical (unpaired) electrons. The second-order valence-corrected chi connectivity index (χ2v) is 11.8. The van der Waals surface area contributed by atoms with E-state index in [1.165, 1.54) is 27.0 Å². The summed E-state index contributed by atoms with van der Waals surface area (Å²) in [5.41, 5.74) is 2.16. The van der Waals surface area contributed by atoms with E-state index in [9.17, 15) is 13.2 Å². The molecule has 0 aliphatic rings. The van der Waals surface area contributed by atoms with Crippen LogP contribution in [-0.2, 0) is 26.1 Å². The van der Waals surface area contributed by atoms with Crippen molar-refractivity contribution in [2.45, 2.75) is 24.6 Å². The number of nitrogens with one attached hydrogen (secondary N) is 1. The Morgan fingerprint density at radius 1 is 1.21 bits per heavy atom. The molecule has 0 fully saturated rings. The summed E-state index contributed by atoms with van der Waals surface area (Å²) in [5.74, 6) is -0.254. The molecule has 1 aromatic carbocycles. The molecule has 8 nitrogen and oxygen atoms in total. The highest BCUT2D eigenvalue weighted by Crippen LogP contribution is 2.35. The van der Waals surface area contributed by atoms with Crippen molar-refractivity contribution in [1.82, 2.24) is 14.9 Å². The number of benzene rings is 1. The van der Waals surface area contributed by atoms with E-state index in [4.69, 9.17) is 4.74 Å². The third kappa shape index (κ3) is 5.02. The van der Waals surface area contributed by atoms with E-state index in [0.29, 0.717) is 29.6 Å². The van der Waals surface area contributed by atoms with E-state index in [1.54, 1.807) is 30.6 Å². The average Bonchev–Trinajstić information content (AvgIpc) is 3.54. The Morgan fingerprint density at radius 2 is 2.03 bits per heavy atom. The van der Waals surface area contributed by atoms with E-state index < -0.39 is 10.0 Å². The fourth-order valence-electron chi connectivity index (χ4n) is 3.71. The van der Waals surface area contributed by atoms with Crippen LogP contribution in [0.5, 0.6) is 0 Å². The summed E-state index contributed by atoms with van der Waals surface area (Å²) in [6.07, 6.45) is 1.80. The number of sulfonamides is 1. The summed E-state index contributed by atoms with van der Waals surface area (Å²) in [7, 11) is -1.80. The van der Waals surface area contributed by atoms with Crippen molar-refractivity contribution >= 4 is 55.3 Å². The molecule has 0 aliphatic heterocycles. The number of para-hydroxylation sites is 1. The highest BCUT2D eigenvalue weighted by atomic mass is 32.2. The predicted molar refractivity (Wildman–Crippen MR) is 137 cm³/mol. The van der Waals surface area contributed by atoms with Crippen LogP contribution in [0.15, 0.2) is 52.2 Å². The topological polar surface area (TPSA) is 95.6 Å². The molecule has 180 valence electrons. The summed E-state index contributed by atoms with van der Waals surface area (Å²) in [6.45, 7) is 5.07. The number of aromatic nitrogens is 2. The van der Waals surface area contributed by atoms with Crippen LogP contribution < -0.4 is 4.31 Å². The largest absolute Gasteiger partial charge is 0.465 e.